The van der Waals surface area contributed by atoms with Crippen LogP contribution in [0.1, 0.15) is 10.4 Å². The van der Waals surface area contributed by atoms with E-state index in [0.717, 1.165) is 4.88 Å². The van der Waals surface area contributed by atoms with E-state index in [1.807, 2.05) is 17.5 Å². The van der Waals surface area contributed by atoms with E-state index in [-0.39, 0.29) is 12.5 Å². The van der Waals surface area contributed by atoms with E-state index in [1.165, 1.54) is 0 Å². The summed E-state index contributed by atoms with van der Waals surface area (Å²) in [7, 11) is 1.73. The molecule has 0 spiro atoms. The number of carboxylic acids is 1. The van der Waals surface area contributed by atoms with Crippen molar-refractivity contribution in [2.75, 3.05) is 12.4 Å². The monoisotopic (exact) mass is 304 g/mol. The van der Waals surface area contributed by atoms with Crippen LogP contribution >= 0.6 is 11.3 Å². The highest BCUT2D eigenvalue weighted by atomic mass is 32.1. The van der Waals surface area contributed by atoms with Gasteiger partial charge < -0.3 is 15.3 Å². The molecule has 0 fully saturated rings. The second-order valence-corrected chi connectivity index (χ2v) is 5.67. The van der Waals surface area contributed by atoms with Gasteiger partial charge in [0, 0.05) is 17.6 Å². The third kappa shape index (κ3) is 4.61. The maximum absolute atomic E-state index is 12.0. The lowest BCUT2D eigenvalue weighted by atomic mass is 10.1. The molecule has 2 rings (SSSR count). The summed E-state index contributed by atoms with van der Waals surface area (Å²) in [6, 6.07) is 10.5. The quantitative estimate of drug-likeness (QED) is 0.892. The van der Waals surface area contributed by atoms with E-state index >= 15 is 0 Å². The van der Waals surface area contributed by atoms with Gasteiger partial charge in [-0.15, -0.1) is 11.3 Å². The minimum Gasteiger partial charge on any atom is -0.481 e. The number of anilines is 1. The molecule has 6 heteroatoms. The summed E-state index contributed by atoms with van der Waals surface area (Å²) < 4.78 is 0. The number of benzene rings is 1. The molecular weight excluding hydrogens is 288 g/mol. The van der Waals surface area contributed by atoms with E-state index in [9.17, 15) is 9.59 Å². The third-order valence-electron chi connectivity index (χ3n) is 2.88. The Hall–Kier alpha value is -2.34. The van der Waals surface area contributed by atoms with Gasteiger partial charge in [0.25, 0.3) is 0 Å². The van der Waals surface area contributed by atoms with Crippen molar-refractivity contribution < 1.29 is 14.7 Å². The summed E-state index contributed by atoms with van der Waals surface area (Å²) >= 11 is 1.61. The SMILES string of the molecule is CN(Cc1cccs1)C(=O)Nc1ccc(CC(=O)O)cc1. The third-order valence-corrected chi connectivity index (χ3v) is 3.74. The van der Waals surface area contributed by atoms with Crippen LogP contribution in [-0.2, 0) is 17.8 Å². The molecule has 2 aromatic rings. The van der Waals surface area contributed by atoms with Crippen LogP contribution in [0.3, 0.4) is 0 Å². The summed E-state index contributed by atoms with van der Waals surface area (Å²) in [5, 5.41) is 13.5. The molecule has 1 aromatic carbocycles. The number of amides is 2. The summed E-state index contributed by atoms with van der Waals surface area (Å²) in [5.74, 6) is -0.873. The van der Waals surface area contributed by atoms with Gasteiger partial charge in [-0.1, -0.05) is 18.2 Å². The predicted octanol–water partition coefficient (Wildman–Crippen LogP) is 3.04. The molecule has 0 aliphatic heterocycles. The number of aliphatic carboxylic acids is 1. The van der Waals surface area contributed by atoms with Crippen LogP contribution in [0.25, 0.3) is 0 Å². The highest BCUT2D eigenvalue weighted by molar-refractivity contribution is 7.09. The van der Waals surface area contributed by atoms with Gasteiger partial charge in [0.2, 0.25) is 0 Å². The van der Waals surface area contributed by atoms with Crippen LogP contribution in [0.2, 0.25) is 0 Å². The van der Waals surface area contributed by atoms with Gasteiger partial charge in [-0.25, -0.2) is 4.79 Å². The molecule has 2 N–H and O–H groups in total. The van der Waals surface area contributed by atoms with Gasteiger partial charge in [0.15, 0.2) is 0 Å². The first-order valence-corrected chi connectivity index (χ1v) is 7.28. The molecule has 0 radical (unpaired) electrons. The number of urea groups is 1. The maximum atomic E-state index is 12.0. The first kappa shape index (κ1) is 15.1. The van der Waals surface area contributed by atoms with Crippen LogP contribution in [0.4, 0.5) is 10.5 Å². The van der Waals surface area contributed by atoms with E-state index in [4.69, 9.17) is 5.11 Å². The standard InChI is InChI=1S/C15H16N2O3S/c1-17(10-13-3-2-8-21-13)15(20)16-12-6-4-11(5-7-12)9-14(18)19/h2-8H,9-10H2,1H3,(H,16,20)(H,18,19). The number of thiophene rings is 1. The van der Waals surface area contributed by atoms with E-state index in [0.29, 0.717) is 17.8 Å². The number of nitrogens with zero attached hydrogens (tertiary/aromatic N) is 1. The number of carbonyl (C=O) groups is 2. The molecular formula is C15H16N2O3S. The number of hydrogen-bond donors (Lipinski definition) is 2. The number of hydrogen-bond acceptors (Lipinski definition) is 3. The molecule has 0 bridgehead atoms. The van der Waals surface area contributed by atoms with Crippen LogP contribution in [-0.4, -0.2) is 29.1 Å². The Bertz CT molecular complexity index is 608. The molecule has 1 aromatic heterocycles. The molecule has 0 atom stereocenters. The fourth-order valence-electron chi connectivity index (χ4n) is 1.81. The van der Waals surface area contributed by atoms with E-state index in [2.05, 4.69) is 5.32 Å². The fourth-order valence-corrected chi connectivity index (χ4v) is 2.56. The zero-order chi connectivity index (χ0) is 15.2. The molecule has 0 unspecified atom stereocenters. The fraction of sp³-hybridized carbons (Fsp3) is 0.200. The topological polar surface area (TPSA) is 69.6 Å². The highest BCUT2D eigenvalue weighted by Crippen LogP contribution is 2.13. The van der Waals surface area contributed by atoms with E-state index in [1.54, 1.807) is 47.5 Å². The van der Waals surface area contributed by atoms with Crippen LogP contribution in [0.5, 0.6) is 0 Å². The average Bonchev–Trinajstić information content (AvgIpc) is 2.93. The first-order valence-electron chi connectivity index (χ1n) is 6.40. The second-order valence-electron chi connectivity index (χ2n) is 4.63. The van der Waals surface area contributed by atoms with Gasteiger partial charge in [0.05, 0.1) is 13.0 Å². The lowest BCUT2D eigenvalue weighted by Gasteiger charge is -2.17. The van der Waals surface area contributed by atoms with Crippen molar-refractivity contribution in [1.29, 1.82) is 0 Å². The van der Waals surface area contributed by atoms with Crippen LogP contribution in [0.15, 0.2) is 41.8 Å². The molecule has 0 aliphatic rings. The Labute approximate surface area is 126 Å². The van der Waals surface area contributed by atoms with Gasteiger partial charge >= 0.3 is 12.0 Å². The van der Waals surface area contributed by atoms with Crippen molar-refractivity contribution in [3.63, 3.8) is 0 Å². The Morgan fingerprint density at radius 2 is 1.95 bits per heavy atom. The largest absolute Gasteiger partial charge is 0.481 e. The summed E-state index contributed by atoms with van der Waals surface area (Å²) in [5.41, 5.74) is 1.35. The van der Waals surface area contributed by atoms with Gasteiger partial charge in [0.1, 0.15) is 0 Å². The molecule has 0 saturated carbocycles. The number of carbonyl (C=O) groups excluding carboxylic acids is 1. The van der Waals surface area contributed by atoms with Crippen molar-refractivity contribution in [1.82, 2.24) is 4.90 Å². The molecule has 0 aliphatic carbocycles. The minimum atomic E-state index is -0.873. The highest BCUT2D eigenvalue weighted by Gasteiger charge is 2.10. The molecule has 1 heterocycles. The molecule has 2 amide bonds. The Morgan fingerprint density at radius 1 is 1.24 bits per heavy atom. The Balaban J connectivity index is 1.91. The smallest absolute Gasteiger partial charge is 0.321 e. The lowest BCUT2D eigenvalue weighted by Crippen LogP contribution is -2.30. The Kier molecular flexibility index (Phi) is 4.94. The number of carboxylic acid groups (broad SMARTS) is 1. The van der Waals surface area contributed by atoms with E-state index < -0.39 is 5.97 Å². The van der Waals surface area contributed by atoms with Gasteiger partial charge in [-0.2, -0.15) is 0 Å². The van der Waals surface area contributed by atoms with Crippen molar-refractivity contribution in [3.8, 4) is 0 Å². The number of rotatable bonds is 5. The molecule has 0 saturated heterocycles. The summed E-state index contributed by atoms with van der Waals surface area (Å²) in [6.45, 7) is 0.556. The van der Waals surface area contributed by atoms with Gasteiger partial charge in [-0.3, -0.25) is 4.79 Å². The van der Waals surface area contributed by atoms with Crippen LogP contribution in [0, 0.1) is 0 Å². The number of nitrogens with one attached hydrogen (secondary N) is 1. The Morgan fingerprint density at radius 3 is 2.52 bits per heavy atom. The average molecular weight is 304 g/mol. The van der Waals surface area contributed by atoms with Crippen molar-refractivity contribution >= 4 is 29.0 Å². The first-order chi connectivity index (χ1) is 10.0. The molecule has 110 valence electrons. The second kappa shape index (κ2) is 6.90. The molecule has 21 heavy (non-hydrogen) atoms. The molecule has 5 nitrogen and oxygen atoms in total. The maximum Gasteiger partial charge on any atom is 0.321 e. The lowest BCUT2D eigenvalue weighted by molar-refractivity contribution is -0.136. The normalized spacial score (nSPS) is 10.1. The summed E-state index contributed by atoms with van der Waals surface area (Å²) in [6.07, 6.45) is -0.0213. The van der Waals surface area contributed by atoms with Crippen molar-refractivity contribution in [3.05, 3.63) is 52.2 Å². The predicted molar refractivity (Wildman–Crippen MR) is 82.6 cm³/mol. The van der Waals surface area contributed by atoms with Gasteiger partial charge in [-0.05, 0) is 29.1 Å². The summed E-state index contributed by atoms with van der Waals surface area (Å²) in [4.78, 5) is 25.3. The zero-order valence-corrected chi connectivity index (χ0v) is 12.4. The van der Waals surface area contributed by atoms with Crippen LogP contribution < -0.4 is 5.32 Å². The van der Waals surface area contributed by atoms with Crippen molar-refractivity contribution in [2.24, 2.45) is 0 Å². The zero-order valence-electron chi connectivity index (χ0n) is 11.6. The minimum absolute atomic E-state index is 0.0213. The van der Waals surface area contributed by atoms with Crippen molar-refractivity contribution in [2.45, 2.75) is 13.0 Å².